The largest absolute Gasteiger partial charge is 0.493 e. The number of carbonyl (C=O) groups is 3. The highest BCUT2D eigenvalue weighted by Crippen LogP contribution is 2.40. The summed E-state index contributed by atoms with van der Waals surface area (Å²) in [4.78, 5) is 35.9. The SMILES string of the molecule is COc1cc(C=CC(=O)C2C(=O)C=C(C)OC2=O)cc2c1OCCO2. The monoisotopic (exact) mass is 344 g/mol. The van der Waals surface area contributed by atoms with E-state index in [9.17, 15) is 14.4 Å². The first-order valence-corrected chi connectivity index (χ1v) is 7.63. The number of fused-ring (bicyclic) bond motifs is 1. The highest BCUT2D eigenvalue weighted by molar-refractivity contribution is 6.25. The minimum atomic E-state index is -1.46. The van der Waals surface area contributed by atoms with E-state index in [1.165, 1.54) is 26.2 Å². The number of hydrogen-bond acceptors (Lipinski definition) is 7. The van der Waals surface area contributed by atoms with Gasteiger partial charge >= 0.3 is 5.97 Å². The van der Waals surface area contributed by atoms with Crippen molar-refractivity contribution in [2.75, 3.05) is 20.3 Å². The number of ketones is 2. The van der Waals surface area contributed by atoms with E-state index < -0.39 is 23.5 Å². The van der Waals surface area contributed by atoms with Gasteiger partial charge in [-0.25, -0.2) is 0 Å². The summed E-state index contributed by atoms with van der Waals surface area (Å²) in [5.74, 6) is -1.89. The van der Waals surface area contributed by atoms with Crippen molar-refractivity contribution in [1.82, 2.24) is 0 Å². The van der Waals surface area contributed by atoms with E-state index >= 15 is 0 Å². The number of allylic oxidation sites excluding steroid dienone is 3. The number of rotatable bonds is 4. The average Bonchev–Trinajstić information content (AvgIpc) is 2.58. The van der Waals surface area contributed by atoms with E-state index in [0.29, 0.717) is 36.0 Å². The second kappa shape index (κ2) is 6.80. The summed E-state index contributed by atoms with van der Waals surface area (Å²) in [6.45, 7) is 2.32. The van der Waals surface area contributed by atoms with Gasteiger partial charge in [-0.1, -0.05) is 6.08 Å². The van der Waals surface area contributed by atoms with Gasteiger partial charge < -0.3 is 18.9 Å². The molecule has 1 unspecified atom stereocenters. The van der Waals surface area contributed by atoms with E-state index in [2.05, 4.69) is 0 Å². The number of cyclic esters (lactones) is 1. The molecule has 2 aliphatic rings. The van der Waals surface area contributed by atoms with Gasteiger partial charge in [0.05, 0.1) is 7.11 Å². The molecule has 7 nitrogen and oxygen atoms in total. The Morgan fingerprint density at radius 3 is 2.72 bits per heavy atom. The predicted octanol–water partition coefficient (Wildman–Crippen LogP) is 1.69. The van der Waals surface area contributed by atoms with Gasteiger partial charge in [-0.05, 0) is 30.7 Å². The van der Waals surface area contributed by atoms with E-state index in [-0.39, 0.29) is 5.76 Å². The smallest absolute Gasteiger partial charge is 0.329 e. The maximum atomic E-state index is 12.2. The van der Waals surface area contributed by atoms with E-state index in [4.69, 9.17) is 18.9 Å². The third-order valence-corrected chi connectivity index (χ3v) is 3.70. The molecule has 1 aromatic rings. The summed E-state index contributed by atoms with van der Waals surface area (Å²) < 4.78 is 21.1. The molecule has 0 aliphatic carbocycles. The van der Waals surface area contributed by atoms with Crippen LogP contribution in [0.25, 0.3) is 6.08 Å². The Balaban J connectivity index is 1.83. The van der Waals surface area contributed by atoms with Gasteiger partial charge in [-0.2, -0.15) is 0 Å². The Hall–Kier alpha value is -3.09. The fraction of sp³-hybridized carbons (Fsp3) is 0.278. The lowest BCUT2D eigenvalue weighted by Gasteiger charge is -2.21. The maximum absolute atomic E-state index is 12.2. The predicted molar refractivity (Wildman–Crippen MR) is 86.4 cm³/mol. The molecule has 2 aliphatic heterocycles. The zero-order chi connectivity index (χ0) is 18.0. The van der Waals surface area contributed by atoms with E-state index in [1.54, 1.807) is 12.1 Å². The molecular formula is C18H16O7. The standard InChI is InChI=1S/C18H16O7/c1-10-7-13(20)16(18(21)25-10)12(19)4-3-11-8-14(22-2)17-15(9-11)23-5-6-24-17/h3-4,7-9,16H,5-6H2,1-2H3. The van der Waals surface area contributed by atoms with Crippen LogP contribution in [0.1, 0.15) is 12.5 Å². The molecule has 0 saturated carbocycles. The van der Waals surface area contributed by atoms with Gasteiger partial charge in [0.15, 0.2) is 29.0 Å². The molecule has 1 aromatic carbocycles. The van der Waals surface area contributed by atoms with Crippen LogP contribution >= 0.6 is 0 Å². The highest BCUT2D eigenvalue weighted by atomic mass is 16.6. The van der Waals surface area contributed by atoms with Crippen LogP contribution in [-0.4, -0.2) is 37.9 Å². The van der Waals surface area contributed by atoms with Crippen LogP contribution in [0.2, 0.25) is 0 Å². The van der Waals surface area contributed by atoms with Crippen LogP contribution in [0.4, 0.5) is 0 Å². The van der Waals surface area contributed by atoms with Crippen LogP contribution in [0, 0.1) is 5.92 Å². The molecule has 2 heterocycles. The Morgan fingerprint density at radius 1 is 1.24 bits per heavy atom. The van der Waals surface area contributed by atoms with Crippen molar-refractivity contribution in [3.63, 3.8) is 0 Å². The van der Waals surface area contributed by atoms with Crippen molar-refractivity contribution in [3.8, 4) is 17.2 Å². The first kappa shape index (κ1) is 16.8. The molecule has 0 spiro atoms. The van der Waals surface area contributed by atoms with Crippen LogP contribution in [0.5, 0.6) is 17.2 Å². The number of carbonyl (C=O) groups excluding carboxylic acids is 3. The van der Waals surface area contributed by atoms with Crippen LogP contribution < -0.4 is 14.2 Å². The summed E-state index contributed by atoms with van der Waals surface area (Å²) in [6, 6.07) is 3.36. The normalized spacial score (nSPS) is 19.4. The zero-order valence-electron chi connectivity index (χ0n) is 13.7. The Kier molecular flexibility index (Phi) is 4.56. The molecular weight excluding hydrogens is 328 g/mol. The van der Waals surface area contributed by atoms with Gasteiger partial charge in [0.1, 0.15) is 19.0 Å². The third kappa shape index (κ3) is 3.40. The van der Waals surface area contributed by atoms with Crippen molar-refractivity contribution in [2.24, 2.45) is 5.92 Å². The van der Waals surface area contributed by atoms with Gasteiger partial charge in [-0.15, -0.1) is 0 Å². The minimum absolute atomic E-state index is 0.180. The summed E-state index contributed by atoms with van der Waals surface area (Å²) in [5.41, 5.74) is 0.609. The van der Waals surface area contributed by atoms with Crippen LogP contribution in [0.3, 0.4) is 0 Å². The van der Waals surface area contributed by atoms with Crippen molar-refractivity contribution in [2.45, 2.75) is 6.92 Å². The lowest BCUT2D eigenvalue weighted by atomic mass is 9.96. The van der Waals surface area contributed by atoms with E-state index in [1.807, 2.05) is 0 Å². The molecule has 0 N–H and O–H groups in total. The van der Waals surface area contributed by atoms with Crippen LogP contribution in [-0.2, 0) is 19.1 Å². The van der Waals surface area contributed by atoms with Crippen molar-refractivity contribution in [3.05, 3.63) is 35.6 Å². The first-order valence-electron chi connectivity index (χ1n) is 7.63. The zero-order valence-corrected chi connectivity index (χ0v) is 13.7. The van der Waals surface area contributed by atoms with E-state index in [0.717, 1.165) is 6.08 Å². The molecule has 7 heteroatoms. The van der Waals surface area contributed by atoms with Gasteiger partial charge in [0.25, 0.3) is 0 Å². The Bertz CT molecular complexity index is 787. The molecule has 3 rings (SSSR count). The van der Waals surface area contributed by atoms with Gasteiger partial charge in [0.2, 0.25) is 5.75 Å². The number of hydrogen-bond donors (Lipinski definition) is 0. The van der Waals surface area contributed by atoms with Gasteiger partial charge in [-0.3, -0.25) is 14.4 Å². The molecule has 0 bridgehead atoms. The number of benzene rings is 1. The molecule has 0 radical (unpaired) electrons. The highest BCUT2D eigenvalue weighted by Gasteiger charge is 2.36. The second-order valence-corrected chi connectivity index (χ2v) is 5.49. The molecule has 0 amide bonds. The van der Waals surface area contributed by atoms with Crippen molar-refractivity contribution >= 4 is 23.6 Å². The molecule has 25 heavy (non-hydrogen) atoms. The van der Waals surface area contributed by atoms with Gasteiger partial charge in [0, 0.05) is 6.08 Å². The summed E-state index contributed by atoms with van der Waals surface area (Å²) >= 11 is 0. The lowest BCUT2D eigenvalue weighted by Crippen LogP contribution is -2.34. The molecule has 130 valence electrons. The summed E-state index contributed by atoms with van der Waals surface area (Å²) in [6.07, 6.45) is 3.79. The number of methoxy groups -OCH3 is 1. The molecule has 0 saturated heterocycles. The van der Waals surface area contributed by atoms with Crippen LogP contribution in [0.15, 0.2) is 30.0 Å². The Labute approximate surface area is 143 Å². The average molecular weight is 344 g/mol. The fourth-order valence-corrected chi connectivity index (χ4v) is 2.57. The van der Waals surface area contributed by atoms with Crippen molar-refractivity contribution in [1.29, 1.82) is 0 Å². The molecule has 0 fully saturated rings. The number of esters is 1. The maximum Gasteiger partial charge on any atom is 0.329 e. The topological polar surface area (TPSA) is 88.1 Å². The van der Waals surface area contributed by atoms with Crippen molar-refractivity contribution < 1.29 is 33.3 Å². The second-order valence-electron chi connectivity index (χ2n) is 5.49. The number of ether oxygens (including phenoxy) is 4. The Morgan fingerprint density at radius 2 is 2.00 bits per heavy atom. The summed E-state index contributed by atoms with van der Waals surface area (Å²) in [5, 5.41) is 0. The summed E-state index contributed by atoms with van der Waals surface area (Å²) in [7, 11) is 1.50. The quantitative estimate of drug-likeness (QED) is 0.466. The first-order chi connectivity index (χ1) is 12.0. The minimum Gasteiger partial charge on any atom is -0.493 e. The third-order valence-electron chi connectivity index (χ3n) is 3.70. The molecule has 1 atom stereocenters. The fourth-order valence-electron chi connectivity index (χ4n) is 2.57. The lowest BCUT2D eigenvalue weighted by molar-refractivity contribution is -0.151. The molecule has 0 aromatic heterocycles.